The van der Waals surface area contributed by atoms with E-state index < -0.39 is 11.0 Å². The highest BCUT2D eigenvalue weighted by atomic mass is 32.2. The standard InChI is InChI=1S/C20H23N3O4S/c1-6-14-9-15-10-16(7-8-17(15)21-11-14)27-19(28-5)18(24)23-20(2,13-25-3)12-22-26-4/h1,7-12,19H,13H2,2-5H3,(H,23,24)/b22-12+. The number of ether oxygens (including phenoxy) is 2. The van der Waals surface area contributed by atoms with Gasteiger partial charge in [-0.1, -0.05) is 11.1 Å². The van der Waals surface area contributed by atoms with Gasteiger partial charge in [0, 0.05) is 24.3 Å². The number of amides is 1. The van der Waals surface area contributed by atoms with E-state index in [4.69, 9.17) is 20.7 Å². The summed E-state index contributed by atoms with van der Waals surface area (Å²) in [6.45, 7) is 2.00. The molecule has 0 aliphatic heterocycles. The van der Waals surface area contributed by atoms with Gasteiger partial charge in [0.05, 0.1) is 23.9 Å². The van der Waals surface area contributed by atoms with E-state index in [0.717, 1.165) is 10.9 Å². The molecule has 0 spiro atoms. The molecule has 1 N–H and O–H groups in total. The summed E-state index contributed by atoms with van der Waals surface area (Å²) in [5.41, 5.74) is -0.140. The summed E-state index contributed by atoms with van der Waals surface area (Å²) in [6, 6.07) is 7.24. The van der Waals surface area contributed by atoms with E-state index in [1.807, 2.05) is 12.1 Å². The number of fused-ring (bicyclic) bond motifs is 1. The van der Waals surface area contributed by atoms with Crippen molar-refractivity contribution in [1.82, 2.24) is 10.3 Å². The molecular weight excluding hydrogens is 378 g/mol. The van der Waals surface area contributed by atoms with Crippen LogP contribution < -0.4 is 10.1 Å². The molecule has 28 heavy (non-hydrogen) atoms. The minimum atomic E-state index is -0.839. The molecule has 2 atom stereocenters. The molecule has 1 aromatic heterocycles. The number of oxime groups is 1. The molecule has 2 unspecified atom stereocenters. The number of pyridine rings is 1. The third kappa shape index (κ3) is 5.62. The first-order chi connectivity index (χ1) is 13.4. The maximum Gasteiger partial charge on any atom is 0.272 e. The molecular formula is C20H23N3O4S. The number of methoxy groups -OCH3 is 1. The van der Waals surface area contributed by atoms with Gasteiger partial charge in [-0.15, -0.1) is 18.2 Å². The first kappa shape index (κ1) is 21.5. The van der Waals surface area contributed by atoms with Crippen molar-refractivity contribution in [1.29, 1.82) is 0 Å². The van der Waals surface area contributed by atoms with Crippen molar-refractivity contribution < 1.29 is 19.1 Å². The van der Waals surface area contributed by atoms with Crippen LogP contribution in [0.25, 0.3) is 10.9 Å². The Kier molecular flexibility index (Phi) is 7.67. The molecule has 1 heterocycles. The number of rotatable bonds is 9. The van der Waals surface area contributed by atoms with Crippen LogP contribution in [0.4, 0.5) is 0 Å². The van der Waals surface area contributed by atoms with Crippen molar-refractivity contribution in [2.24, 2.45) is 5.16 Å². The van der Waals surface area contributed by atoms with E-state index in [0.29, 0.717) is 11.3 Å². The summed E-state index contributed by atoms with van der Waals surface area (Å²) in [4.78, 5) is 21.8. The fraction of sp³-hybridized carbons (Fsp3) is 0.350. The van der Waals surface area contributed by atoms with Gasteiger partial charge in [0.15, 0.2) is 0 Å². The first-order valence-corrected chi connectivity index (χ1v) is 9.68. The van der Waals surface area contributed by atoms with Gasteiger partial charge in [-0.25, -0.2) is 0 Å². The van der Waals surface area contributed by atoms with Gasteiger partial charge in [0.25, 0.3) is 5.91 Å². The molecule has 1 aromatic carbocycles. The Balaban J connectivity index is 2.18. The highest BCUT2D eigenvalue weighted by molar-refractivity contribution is 7.99. The van der Waals surface area contributed by atoms with Crippen LogP contribution in [0.5, 0.6) is 5.75 Å². The third-order valence-corrected chi connectivity index (χ3v) is 4.53. The Morgan fingerprint density at radius 3 is 2.89 bits per heavy atom. The number of aromatic nitrogens is 1. The molecule has 1 amide bonds. The van der Waals surface area contributed by atoms with E-state index in [1.165, 1.54) is 25.1 Å². The zero-order valence-electron chi connectivity index (χ0n) is 16.3. The Morgan fingerprint density at radius 1 is 1.46 bits per heavy atom. The highest BCUT2D eigenvalue weighted by Crippen LogP contribution is 2.23. The van der Waals surface area contributed by atoms with Crippen LogP contribution in [-0.4, -0.2) is 55.2 Å². The molecule has 2 aromatic rings. The Bertz CT molecular complexity index is 897. The Morgan fingerprint density at radius 2 is 2.25 bits per heavy atom. The van der Waals surface area contributed by atoms with E-state index in [2.05, 4.69) is 21.4 Å². The van der Waals surface area contributed by atoms with E-state index >= 15 is 0 Å². The molecule has 0 bridgehead atoms. The summed E-state index contributed by atoms with van der Waals surface area (Å²) in [7, 11) is 2.97. The van der Waals surface area contributed by atoms with E-state index in [9.17, 15) is 4.79 Å². The lowest BCUT2D eigenvalue weighted by molar-refractivity contribution is -0.126. The quantitative estimate of drug-likeness (QED) is 0.301. The zero-order chi connectivity index (χ0) is 20.6. The number of hydrogen-bond acceptors (Lipinski definition) is 7. The van der Waals surface area contributed by atoms with Crippen molar-refractivity contribution in [2.75, 3.05) is 27.1 Å². The fourth-order valence-electron chi connectivity index (χ4n) is 2.51. The fourth-order valence-corrected chi connectivity index (χ4v) is 2.99. The Hall–Kier alpha value is -2.76. The summed E-state index contributed by atoms with van der Waals surface area (Å²) < 4.78 is 11.1. The normalized spacial score (nSPS) is 14.2. The molecule has 148 valence electrons. The van der Waals surface area contributed by atoms with Crippen LogP contribution in [0.2, 0.25) is 0 Å². The molecule has 0 saturated carbocycles. The number of carbonyl (C=O) groups excluding carboxylic acids is 1. The third-order valence-electron chi connectivity index (χ3n) is 3.79. The van der Waals surface area contributed by atoms with Crippen molar-refractivity contribution >= 4 is 34.8 Å². The van der Waals surface area contributed by atoms with Crippen LogP contribution in [0.1, 0.15) is 12.5 Å². The largest absolute Gasteiger partial charge is 0.470 e. The number of nitrogens with one attached hydrogen (secondary N) is 1. The van der Waals surface area contributed by atoms with Crippen molar-refractivity contribution in [3.63, 3.8) is 0 Å². The van der Waals surface area contributed by atoms with Gasteiger partial charge in [-0.3, -0.25) is 9.78 Å². The maximum absolute atomic E-state index is 12.7. The highest BCUT2D eigenvalue weighted by Gasteiger charge is 2.29. The summed E-state index contributed by atoms with van der Waals surface area (Å²) in [5, 5.41) is 7.46. The lowest BCUT2D eigenvalue weighted by Crippen LogP contribution is -2.54. The minimum Gasteiger partial charge on any atom is -0.470 e. The molecule has 8 heteroatoms. The summed E-state index contributed by atoms with van der Waals surface area (Å²) in [5.74, 6) is 2.78. The maximum atomic E-state index is 12.7. The topological polar surface area (TPSA) is 82.0 Å². The second kappa shape index (κ2) is 9.97. The van der Waals surface area contributed by atoms with Crippen LogP contribution in [0, 0.1) is 12.3 Å². The van der Waals surface area contributed by atoms with Crippen molar-refractivity contribution in [3.05, 3.63) is 36.0 Å². The van der Waals surface area contributed by atoms with Gasteiger partial charge in [0.2, 0.25) is 5.44 Å². The lowest BCUT2D eigenvalue weighted by Gasteiger charge is -2.27. The van der Waals surface area contributed by atoms with Crippen LogP contribution in [-0.2, 0) is 14.4 Å². The van der Waals surface area contributed by atoms with Gasteiger partial charge >= 0.3 is 0 Å². The van der Waals surface area contributed by atoms with E-state index in [1.54, 1.807) is 38.6 Å². The first-order valence-electron chi connectivity index (χ1n) is 8.39. The SMILES string of the molecule is C#Cc1cnc2ccc(OC(SC)C(=O)NC(C)(/C=N/OC)COC)cc2c1. The van der Waals surface area contributed by atoms with Crippen molar-refractivity contribution in [2.45, 2.75) is 17.9 Å². The van der Waals surface area contributed by atoms with Gasteiger partial charge in [0.1, 0.15) is 12.9 Å². The second-order valence-electron chi connectivity index (χ2n) is 6.17. The van der Waals surface area contributed by atoms with Gasteiger partial charge in [-0.2, -0.15) is 0 Å². The van der Waals surface area contributed by atoms with Crippen LogP contribution in [0.15, 0.2) is 35.6 Å². The van der Waals surface area contributed by atoms with Crippen LogP contribution in [0.3, 0.4) is 0 Å². The minimum absolute atomic E-state index is 0.225. The molecule has 7 nitrogen and oxygen atoms in total. The predicted octanol–water partition coefficient (Wildman–Crippen LogP) is 2.44. The molecule has 0 fully saturated rings. The number of carbonyl (C=O) groups is 1. The zero-order valence-corrected chi connectivity index (χ0v) is 17.1. The number of thioether (sulfide) groups is 1. The van der Waals surface area contributed by atoms with Crippen LogP contribution >= 0.6 is 11.8 Å². The smallest absolute Gasteiger partial charge is 0.272 e. The average Bonchev–Trinajstić information content (AvgIpc) is 2.69. The molecule has 0 radical (unpaired) electrons. The monoisotopic (exact) mass is 401 g/mol. The second-order valence-corrected chi connectivity index (χ2v) is 7.06. The molecule has 0 aliphatic rings. The summed E-state index contributed by atoms with van der Waals surface area (Å²) >= 11 is 1.27. The average molecular weight is 401 g/mol. The molecule has 0 aliphatic carbocycles. The van der Waals surface area contributed by atoms with Gasteiger partial charge < -0.3 is 19.6 Å². The number of benzene rings is 1. The van der Waals surface area contributed by atoms with E-state index in [-0.39, 0.29) is 12.5 Å². The number of nitrogens with zero attached hydrogens (tertiary/aromatic N) is 2. The van der Waals surface area contributed by atoms with Gasteiger partial charge in [-0.05, 0) is 37.4 Å². The number of terminal acetylenes is 1. The predicted molar refractivity (Wildman–Crippen MR) is 112 cm³/mol. The molecule has 0 saturated heterocycles. The molecule has 2 rings (SSSR count). The lowest BCUT2D eigenvalue weighted by atomic mass is 10.1. The van der Waals surface area contributed by atoms with Crippen molar-refractivity contribution in [3.8, 4) is 18.1 Å². The summed E-state index contributed by atoms with van der Waals surface area (Å²) in [6.07, 6.45) is 10.3. The number of hydrogen-bond donors (Lipinski definition) is 1. The Labute approximate surface area is 168 Å².